The molecule has 2 aromatic rings. The van der Waals surface area contributed by atoms with Gasteiger partial charge in [-0.2, -0.15) is 5.10 Å². The summed E-state index contributed by atoms with van der Waals surface area (Å²) in [6, 6.07) is 9.26. The molecule has 4 nitrogen and oxygen atoms in total. The Morgan fingerprint density at radius 3 is 2.95 bits per heavy atom. The van der Waals surface area contributed by atoms with Crippen molar-refractivity contribution >= 4 is 10.9 Å². The van der Waals surface area contributed by atoms with Gasteiger partial charge in [0.05, 0.1) is 11.2 Å². The Kier molecular flexibility index (Phi) is 4.56. The molecule has 21 heavy (non-hydrogen) atoms. The number of aryl methyl sites for hydroxylation is 1. The normalized spacial score (nSPS) is 20.2. The fraction of sp³-hybridized carbons (Fsp3) is 0.588. The second-order valence-corrected chi connectivity index (χ2v) is 5.90. The van der Waals surface area contributed by atoms with Gasteiger partial charge in [-0.05, 0) is 19.4 Å². The molecule has 0 bridgehead atoms. The second-order valence-electron chi connectivity index (χ2n) is 5.90. The minimum absolute atomic E-state index is 0.647. The summed E-state index contributed by atoms with van der Waals surface area (Å²) >= 11 is 0. The molecule has 0 saturated carbocycles. The lowest BCUT2D eigenvalue weighted by atomic mass is 10.1. The van der Waals surface area contributed by atoms with Crippen molar-refractivity contribution in [1.29, 1.82) is 0 Å². The third-order valence-corrected chi connectivity index (χ3v) is 4.48. The van der Waals surface area contributed by atoms with Crippen molar-refractivity contribution in [3.63, 3.8) is 0 Å². The van der Waals surface area contributed by atoms with Crippen molar-refractivity contribution in [2.24, 2.45) is 0 Å². The van der Waals surface area contributed by atoms with E-state index in [0.29, 0.717) is 6.04 Å². The van der Waals surface area contributed by atoms with Gasteiger partial charge in [0.1, 0.15) is 0 Å². The molecule has 1 aromatic carbocycles. The summed E-state index contributed by atoms with van der Waals surface area (Å²) in [5, 5.41) is 9.69. The van der Waals surface area contributed by atoms with Crippen LogP contribution in [0.2, 0.25) is 0 Å². The lowest BCUT2D eigenvalue weighted by molar-refractivity contribution is 0.143. The largest absolute Gasteiger partial charge is 0.314 e. The number of fused-ring (bicyclic) bond motifs is 1. The van der Waals surface area contributed by atoms with Crippen molar-refractivity contribution in [3.8, 4) is 0 Å². The van der Waals surface area contributed by atoms with Crippen molar-refractivity contribution in [1.82, 2.24) is 20.0 Å². The predicted octanol–water partition coefficient (Wildman–Crippen LogP) is 2.63. The van der Waals surface area contributed by atoms with Gasteiger partial charge in [-0.25, -0.2) is 0 Å². The number of benzene rings is 1. The van der Waals surface area contributed by atoms with Crippen LogP contribution in [0.25, 0.3) is 10.9 Å². The van der Waals surface area contributed by atoms with Crippen molar-refractivity contribution in [2.45, 2.75) is 45.8 Å². The molecule has 1 N–H and O–H groups in total. The molecule has 1 atom stereocenters. The third kappa shape index (κ3) is 2.97. The van der Waals surface area contributed by atoms with E-state index in [1.54, 1.807) is 0 Å². The Morgan fingerprint density at radius 1 is 1.29 bits per heavy atom. The highest BCUT2D eigenvalue weighted by molar-refractivity contribution is 5.81. The van der Waals surface area contributed by atoms with Crippen LogP contribution in [-0.2, 0) is 13.1 Å². The standard InChI is InChI=1S/C17H26N4/c1-3-7-14-12-18-10-11-20(14)13-16-15-8-5-6-9-17(15)21(4-2)19-16/h5-6,8-9,14,18H,3-4,7,10-13H2,1-2H3. The van der Waals surface area contributed by atoms with Gasteiger partial charge in [0, 0.05) is 44.2 Å². The fourth-order valence-corrected chi connectivity index (χ4v) is 3.38. The minimum atomic E-state index is 0.647. The summed E-state index contributed by atoms with van der Waals surface area (Å²) in [7, 11) is 0. The van der Waals surface area contributed by atoms with Gasteiger partial charge >= 0.3 is 0 Å². The number of hydrogen-bond donors (Lipinski definition) is 1. The van der Waals surface area contributed by atoms with Crippen LogP contribution in [0.1, 0.15) is 32.4 Å². The number of rotatable bonds is 5. The first-order valence-electron chi connectivity index (χ1n) is 8.22. The highest BCUT2D eigenvalue weighted by atomic mass is 15.3. The zero-order valence-electron chi connectivity index (χ0n) is 13.2. The monoisotopic (exact) mass is 286 g/mol. The average molecular weight is 286 g/mol. The summed E-state index contributed by atoms with van der Waals surface area (Å²) < 4.78 is 2.13. The number of aromatic nitrogens is 2. The van der Waals surface area contributed by atoms with Crippen molar-refractivity contribution < 1.29 is 0 Å². The van der Waals surface area contributed by atoms with Gasteiger partial charge in [0.25, 0.3) is 0 Å². The molecular formula is C17H26N4. The Balaban J connectivity index is 1.86. The summed E-state index contributed by atoms with van der Waals surface area (Å²) in [6.07, 6.45) is 2.51. The van der Waals surface area contributed by atoms with Gasteiger partial charge in [0.15, 0.2) is 0 Å². The second kappa shape index (κ2) is 6.58. The van der Waals surface area contributed by atoms with Crippen LogP contribution in [-0.4, -0.2) is 40.4 Å². The van der Waals surface area contributed by atoms with Gasteiger partial charge in [-0.3, -0.25) is 9.58 Å². The van der Waals surface area contributed by atoms with E-state index in [2.05, 4.69) is 53.0 Å². The molecule has 0 spiro atoms. The maximum absolute atomic E-state index is 4.85. The lowest BCUT2D eigenvalue weighted by Gasteiger charge is -2.35. The molecule has 3 rings (SSSR count). The predicted molar refractivity (Wildman–Crippen MR) is 87.4 cm³/mol. The Hall–Kier alpha value is -1.39. The molecule has 0 aliphatic carbocycles. The first kappa shape index (κ1) is 14.5. The molecule has 1 aromatic heterocycles. The zero-order chi connectivity index (χ0) is 14.7. The molecule has 4 heteroatoms. The van der Waals surface area contributed by atoms with E-state index in [0.717, 1.165) is 32.7 Å². The highest BCUT2D eigenvalue weighted by Gasteiger charge is 2.23. The Labute approximate surface area is 127 Å². The molecule has 1 aliphatic rings. The summed E-state index contributed by atoms with van der Waals surface area (Å²) in [5.74, 6) is 0. The van der Waals surface area contributed by atoms with Crippen LogP contribution in [0.3, 0.4) is 0 Å². The van der Waals surface area contributed by atoms with E-state index in [-0.39, 0.29) is 0 Å². The quantitative estimate of drug-likeness (QED) is 0.917. The smallest absolute Gasteiger partial charge is 0.0843 e. The summed E-state index contributed by atoms with van der Waals surface area (Å²) in [4.78, 5) is 2.61. The Bertz CT molecular complexity index is 587. The zero-order valence-corrected chi connectivity index (χ0v) is 13.2. The maximum atomic E-state index is 4.85. The highest BCUT2D eigenvalue weighted by Crippen LogP contribution is 2.21. The molecule has 1 saturated heterocycles. The summed E-state index contributed by atoms with van der Waals surface area (Å²) in [6.45, 7) is 9.66. The van der Waals surface area contributed by atoms with E-state index in [4.69, 9.17) is 5.10 Å². The topological polar surface area (TPSA) is 33.1 Å². The molecule has 114 valence electrons. The number of piperazine rings is 1. The first-order valence-corrected chi connectivity index (χ1v) is 8.22. The molecular weight excluding hydrogens is 260 g/mol. The van der Waals surface area contributed by atoms with Crippen LogP contribution < -0.4 is 5.32 Å². The van der Waals surface area contributed by atoms with E-state index >= 15 is 0 Å². The van der Waals surface area contributed by atoms with Crippen LogP contribution >= 0.6 is 0 Å². The van der Waals surface area contributed by atoms with Crippen LogP contribution in [0.5, 0.6) is 0 Å². The molecule has 1 aliphatic heterocycles. The van der Waals surface area contributed by atoms with E-state index < -0.39 is 0 Å². The average Bonchev–Trinajstić information content (AvgIpc) is 2.88. The fourth-order valence-electron chi connectivity index (χ4n) is 3.38. The van der Waals surface area contributed by atoms with Crippen LogP contribution in [0.15, 0.2) is 24.3 Å². The molecule has 1 unspecified atom stereocenters. The van der Waals surface area contributed by atoms with Crippen LogP contribution in [0, 0.1) is 0 Å². The third-order valence-electron chi connectivity index (χ3n) is 4.48. The first-order chi connectivity index (χ1) is 10.3. The molecule has 1 fully saturated rings. The lowest BCUT2D eigenvalue weighted by Crippen LogP contribution is -2.50. The number of nitrogens with zero attached hydrogens (tertiary/aromatic N) is 3. The van der Waals surface area contributed by atoms with Gasteiger partial charge in [0.2, 0.25) is 0 Å². The molecule has 2 heterocycles. The minimum Gasteiger partial charge on any atom is -0.314 e. The van der Waals surface area contributed by atoms with Gasteiger partial charge in [-0.1, -0.05) is 31.5 Å². The number of hydrogen-bond acceptors (Lipinski definition) is 3. The number of nitrogens with one attached hydrogen (secondary N) is 1. The van der Waals surface area contributed by atoms with E-state index in [9.17, 15) is 0 Å². The van der Waals surface area contributed by atoms with Crippen molar-refractivity contribution in [3.05, 3.63) is 30.0 Å². The summed E-state index contributed by atoms with van der Waals surface area (Å²) in [5.41, 5.74) is 2.49. The van der Waals surface area contributed by atoms with Crippen molar-refractivity contribution in [2.75, 3.05) is 19.6 Å². The SMILES string of the molecule is CCCC1CNCCN1Cc1nn(CC)c2ccccc12. The Morgan fingerprint density at radius 2 is 2.14 bits per heavy atom. The van der Waals surface area contributed by atoms with E-state index in [1.165, 1.54) is 29.4 Å². The van der Waals surface area contributed by atoms with Crippen LogP contribution in [0.4, 0.5) is 0 Å². The number of para-hydroxylation sites is 1. The maximum Gasteiger partial charge on any atom is 0.0843 e. The van der Waals surface area contributed by atoms with E-state index in [1.807, 2.05) is 0 Å². The van der Waals surface area contributed by atoms with Gasteiger partial charge in [-0.15, -0.1) is 0 Å². The molecule has 0 amide bonds. The molecule has 0 radical (unpaired) electrons. The van der Waals surface area contributed by atoms with Gasteiger partial charge < -0.3 is 5.32 Å².